The summed E-state index contributed by atoms with van der Waals surface area (Å²) < 4.78 is 6.02. The molecule has 2 nitrogen and oxygen atoms in total. The van der Waals surface area contributed by atoms with Crippen molar-refractivity contribution in [3.63, 3.8) is 0 Å². The maximum atomic E-state index is 11.5. The number of Topliss-reactive ketones (excluding diaryl/α,β-unsaturated/α-hetero) is 1. The molecule has 0 amide bonds. The zero-order valence-corrected chi connectivity index (χ0v) is 14.5. The molecular weight excluding hydrogens is 272 g/mol. The second-order valence-corrected chi connectivity index (χ2v) is 6.51. The summed E-state index contributed by atoms with van der Waals surface area (Å²) in [6.45, 7) is 6.78. The Morgan fingerprint density at radius 1 is 1.14 bits per heavy atom. The first-order chi connectivity index (χ1) is 10.6. The van der Waals surface area contributed by atoms with E-state index >= 15 is 0 Å². The van der Waals surface area contributed by atoms with Crippen LogP contribution in [-0.4, -0.2) is 11.9 Å². The fourth-order valence-corrected chi connectivity index (χ4v) is 2.81. The van der Waals surface area contributed by atoms with Gasteiger partial charge in [0.15, 0.2) is 0 Å². The molecule has 0 saturated carbocycles. The summed E-state index contributed by atoms with van der Waals surface area (Å²) in [7, 11) is 0. The van der Waals surface area contributed by atoms with Gasteiger partial charge in [-0.3, -0.25) is 4.79 Å². The lowest BCUT2D eigenvalue weighted by Gasteiger charge is -2.21. The summed E-state index contributed by atoms with van der Waals surface area (Å²) in [5.74, 6) is 0.841. The minimum absolute atomic E-state index is 0.0545. The molecule has 0 aliphatic heterocycles. The van der Waals surface area contributed by atoms with Crippen molar-refractivity contribution in [3.8, 4) is 0 Å². The molecule has 1 aromatic rings. The SMILES string of the molecule is CCCCCC[C@H](C)C[C@@H](CC(C)=O)OCc1ccccc1. The summed E-state index contributed by atoms with van der Waals surface area (Å²) >= 11 is 0. The third-order valence-corrected chi connectivity index (χ3v) is 4.06. The van der Waals surface area contributed by atoms with Crippen LogP contribution in [0.1, 0.15) is 71.3 Å². The molecule has 0 aliphatic rings. The van der Waals surface area contributed by atoms with Gasteiger partial charge in [0.05, 0.1) is 12.7 Å². The zero-order valence-electron chi connectivity index (χ0n) is 14.5. The third-order valence-electron chi connectivity index (χ3n) is 4.06. The molecule has 1 rings (SSSR count). The molecule has 0 N–H and O–H groups in total. The molecular formula is C20H32O2. The van der Waals surface area contributed by atoms with Gasteiger partial charge < -0.3 is 4.74 Å². The van der Waals surface area contributed by atoms with Crippen LogP contribution in [0.25, 0.3) is 0 Å². The quantitative estimate of drug-likeness (QED) is 0.473. The first-order valence-corrected chi connectivity index (χ1v) is 8.76. The van der Waals surface area contributed by atoms with Crippen molar-refractivity contribution in [2.45, 2.75) is 78.4 Å². The number of ketones is 1. The molecule has 2 atom stereocenters. The van der Waals surface area contributed by atoms with Crippen molar-refractivity contribution in [2.24, 2.45) is 5.92 Å². The Hall–Kier alpha value is -1.15. The molecule has 1 aromatic carbocycles. The van der Waals surface area contributed by atoms with Crippen LogP contribution in [0, 0.1) is 5.92 Å². The standard InChI is InChI=1S/C20H32O2/c1-4-5-6-8-11-17(2)14-20(15-18(3)21)22-16-19-12-9-7-10-13-19/h7,9-10,12-13,17,20H,4-6,8,11,14-16H2,1-3H3/t17-,20-/m0/s1. The number of carbonyl (C=O) groups is 1. The van der Waals surface area contributed by atoms with Crippen molar-refractivity contribution < 1.29 is 9.53 Å². The molecule has 0 heterocycles. The average molecular weight is 304 g/mol. The van der Waals surface area contributed by atoms with Gasteiger partial charge in [-0.2, -0.15) is 0 Å². The Bertz CT molecular complexity index is 399. The van der Waals surface area contributed by atoms with Gasteiger partial charge in [0.1, 0.15) is 5.78 Å². The number of hydrogen-bond donors (Lipinski definition) is 0. The lowest BCUT2D eigenvalue weighted by atomic mass is 9.94. The molecule has 0 aliphatic carbocycles. The molecule has 124 valence electrons. The highest BCUT2D eigenvalue weighted by Gasteiger charge is 2.16. The van der Waals surface area contributed by atoms with Crippen molar-refractivity contribution in [1.29, 1.82) is 0 Å². The molecule has 22 heavy (non-hydrogen) atoms. The smallest absolute Gasteiger partial charge is 0.132 e. The summed E-state index contributed by atoms with van der Waals surface area (Å²) in [6.07, 6.45) is 8.03. The van der Waals surface area contributed by atoms with E-state index in [1.807, 2.05) is 18.2 Å². The largest absolute Gasteiger partial charge is 0.373 e. The molecule has 0 saturated heterocycles. The van der Waals surface area contributed by atoms with Crippen molar-refractivity contribution in [3.05, 3.63) is 35.9 Å². The van der Waals surface area contributed by atoms with Gasteiger partial charge in [0, 0.05) is 6.42 Å². The van der Waals surface area contributed by atoms with Crippen LogP contribution in [0.3, 0.4) is 0 Å². The van der Waals surface area contributed by atoms with Crippen LogP contribution < -0.4 is 0 Å². The predicted octanol–water partition coefficient (Wildman–Crippen LogP) is 5.55. The summed E-state index contributed by atoms with van der Waals surface area (Å²) in [6, 6.07) is 10.2. The lowest BCUT2D eigenvalue weighted by Crippen LogP contribution is -2.19. The fraction of sp³-hybridized carbons (Fsp3) is 0.650. The van der Waals surface area contributed by atoms with E-state index in [-0.39, 0.29) is 11.9 Å². The zero-order chi connectivity index (χ0) is 16.2. The van der Waals surface area contributed by atoms with E-state index in [0.29, 0.717) is 18.9 Å². The van der Waals surface area contributed by atoms with Crippen LogP contribution in [0.5, 0.6) is 0 Å². The van der Waals surface area contributed by atoms with Crippen molar-refractivity contribution in [2.75, 3.05) is 0 Å². The number of ether oxygens (including phenoxy) is 1. The number of hydrogen-bond acceptors (Lipinski definition) is 2. The minimum atomic E-state index is 0.0545. The summed E-state index contributed by atoms with van der Waals surface area (Å²) in [5, 5.41) is 0. The highest BCUT2D eigenvalue weighted by molar-refractivity contribution is 5.75. The van der Waals surface area contributed by atoms with Crippen LogP contribution in [-0.2, 0) is 16.1 Å². The first kappa shape index (κ1) is 18.9. The van der Waals surface area contributed by atoms with E-state index in [1.54, 1.807) is 6.92 Å². The van der Waals surface area contributed by atoms with Crippen LogP contribution >= 0.6 is 0 Å². The van der Waals surface area contributed by atoms with Gasteiger partial charge in [0.2, 0.25) is 0 Å². The van der Waals surface area contributed by atoms with Crippen molar-refractivity contribution >= 4 is 5.78 Å². The number of carbonyl (C=O) groups excluding carboxylic acids is 1. The molecule has 0 unspecified atom stereocenters. The molecule has 0 spiro atoms. The molecule has 0 radical (unpaired) electrons. The Morgan fingerprint density at radius 3 is 2.50 bits per heavy atom. The number of benzene rings is 1. The van der Waals surface area contributed by atoms with Crippen LogP contribution in [0.15, 0.2) is 30.3 Å². The molecule has 0 fully saturated rings. The maximum absolute atomic E-state index is 11.5. The maximum Gasteiger partial charge on any atom is 0.132 e. The fourth-order valence-electron chi connectivity index (χ4n) is 2.81. The van der Waals surface area contributed by atoms with Gasteiger partial charge in [0.25, 0.3) is 0 Å². The minimum Gasteiger partial charge on any atom is -0.373 e. The molecule has 0 bridgehead atoms. The Kier molecular flexibility index (Phi) is 9.81. The van der Waals surface area contributed by atoms with E-state index in [0.717, 1.165) is 6.42 Å². The van der Waals surface area contributed by atoms with Gasteiger partial charge in [-0.05, 0) is 24.8 Å². The summed E-state index contributed by atoms with van der Waals surface area (Å²) in [5.41, 5.74) is 1.17. The monoisotopic (exact) mass is 304 g/mol. The van der Waals surface area contributed by atoms with Crippen LogP contribution in [0.4, 0.5) is 0 Å². The Labute approximate surface area is 136 Å². The average Bonchev–Trinajstić information content (AvgIpc) is 2.50. The lowest BCUT2D eigenvalue weighted by molar-refractivity contribution is -0.120. The van der Waals surface area contributed by atoms with Gasteiger partial charge in [-0.25, -0.2) is 0 Å². The third kappa shape index (κ3) is 8.99. The van der Waals surface area contributed by atoms with Gasteiger partial charge in [-0.1, -0.05) is 76.3 Å². The van der Waals surface area contributed by atoms with E-state index in [4.69, 9.17) is 4.74 Å². The normalized spacial score (nSPS) is 13.8. The molecule has 0 aromatic heterocycles. The topological polar surface area (TPSA) is 26.3 Å². The van der Waals surface area contributed by atoms with E-state index in [1.165, 1.54) is 37.7 Å². The van der Waals surface area contributed by atoms with E-state index in [9.17, 15) is 4.79 Å². The highest BCUT2D eigenvalue weighted by atomic mass is 16.5. The highest BCUT2D eigenvalue weighted by Crippen LogP contribution is 2.20. The Balaban J connectivity index is 2.37. The molecule has 2 heteroatoms. The predicted molar refractivity (Wildman–Crippen MR) is 92.9 cm³/mol. The number of rotatable bonds is 12. The first-order valence-electron chi connectivity index (χ1n) is 8.76. The van der Waals surface area contributed by atoms with E-state index < -0.39 is 0 Å². The van der Waals surface area contributed by atoms with Crippen LogP contribution in [0.2, 0.25) is 0 Å². The summed E-state index contributed by atoms with van der Waals surface area (Å²) in [4.78, 5) is 11.5. The Morgan fingerprint density at radius 2 is 1.86 bits per heavy atom. The second-order valence-electron chi connectivity index (χ2n) is 6.51. The van der Waals surface area contributed by atoms with E-state index in [2.05, 4.69) is 26.0 Å². The van der Waals surface area contributed by atoms with Gasteiger partial charge >= 0.3 is 0 Å². The number of unbranched alkanes of at least 4 members (excludes halogenated alkanes) is 3. The van der Waals surface area contributed by atoms with Gasteiger partial charge in [-0.15, -0.1) is 0 Å². The van der Waals surface area contributed by atoms with Crippen molar-refractivity contribution in [1.82, 2.24) is 0 Å². The second kappa shape index (κ2) is 11.4.